The van der Waals surface area contributed by atoms with Crippen LogP contribution in [0.1, 0.15) is 38.0 Å². The van der Waals surface area contributed by atoms with Crippen molar-refractivity contribution >= 4 is 35.2 Å². The molecule has 1 saturated heterocycles. The molecule has 0 spiro atoms. The van der Waals surface area contributed by atoms with E-state index in [2.05, 4.69) is 5.32 Å². The molecule has 5 amide bonds. The maximum absolute atomic E-state index is 12.8. The van der Waals surface area contributed by atoms with Crippen molar-refractivity contribution in [3.05, 3.63) is 65.2 Å². The molecule has 164 valence electrons. The Bertz CT molecular complexity index is 1090. The molecule has 32 heavy (non-hydrogen) atoms. The summed E-state index contributed by atoms with van der Waals surface area (Å²) in [5.74, 6) is -1.68. The topological polar surface area (TPSA) is 107 Å². The van der Waals surface area contributed by atoms with Crippen LogP contribution in [0.15, 0.2) is 48.5 Å². The largest absolute Gasteiger partial charge is 0.338 e. The van der Waals surface area contributed by atoms with Gasteiger partial charge in [-0.05, 0) is 30.3 Å². The smallest absolute Gasteiger partial charge is 0.262 e. The average molecular weight is 434 g/mol. The summed E-state index contributed by atoms with van der Waals surface area (Å²) in [4.78, 5) is 65.9. The minimum atomic E-state index is -0.466. The normalized spacial score (nSPS) is 15.6. The number of rotatable bonds is 4. The van der Waals surface area contributed by atoms with E-state index < -0.39 is 11.8 Å². The Morgan fingerprint density at radius 2 is 1.44 bits per heavy atom. The van der Waals surface area contributed by atoms with Gasteiger partial charge in [-0.2, -0.15) is 0 Å². The highest BCUT2D eigenvalue weighted by molar-refractivity contribution is 6.22. The van der Waals surface area contributed by atoms with Gasteiger partial charge in [0.25, 0.3) is 17.7 Å². The second-order valence-electron chi connectivity index (χ2n) is 7.68. The number of nitrogens with one attached hydrogen (secondary N) is 1. The molecule has 0 aliphatic carbocycles. The lowest BCUT2D eigenvalue weighted by Gasteiger charge is -2.35. The van der Waals surface area contributed by atoms with Crippen molar-refractivity contribution in [2.45, 2.75) is 6.92 Å². The van der Waals surface area contributed by atoms with E-state index in [1.54, 1.807) is 58.3 Å². The zero-order valence-electron chi connectivity index (χ0n) is 17.5. The molecule has 2 aromatic rings. The maximum atomic E-state index is 12.8. The number of piperazine rings is 1. The van der Waals surface area contributed by atoms with Crippen LogP contribution in [0.2, 0.25) is 0 Å². The van der Waals surface area contributed by atoms with Gasteiger partial charge in [0.2, 0.25) is 11.8 Å². The Balaban J connectivity index is 1.34. The summed E-state index contributed by atoms with van der Waals surface area (Å²) in [6, 6.07) is 13.2. The molecule has 0 atom stereocenters. The summed E-state index contributed by atoms with van der Waals surface area (Å²) in [6.45, 7) is 2.35. The molecule has 2 heterocycles. The van der Waals surface area contributed by atoms with Crippen molar-refractivity contribution in [3.63, 3.8) is 0 Å². The van der Waals surface area contributed by atoms with Crippen LogP contribution in [-0.4, -0.2) is 77.0 Å². The standard InChI is InChI=1S/C23H22N4O5/c1-15(28)24-17-6-4-5-16(13-17)21(30)26-11-9-25(10-12-26)20(29)14-27-22(31)18-7-2-3-8-19(18)23(27)32/h2-8,13H,9-12,14H2,1H3,(H,24,28). The summed E-state index contributed by atoms with van der Waals surface area (Å²) < 4.78 is 0. The van der Waals surface area contributed by atoms with Crippen LogP contribution in [0.4, 0.5) is 5.69 Å². The SMILES string of the molecule is CC(=O)Nc1cccc(C(=O)N2CCN(C(=O)CN3C(=O)c4ccccc4C3=O)CC2)c1. The van der Waals surface area contributed by atoms with Gasteiger partial charge in [0.05, 0.1) is 11.1 Å². The molecule has 9 nitrogen and oxygen atoms in total. The molecule has 0 unspecified atom stereocenters. The number of hydrogen-bond donors (Lipinski definition) is 1. The second kappa shape index (κ2) is 8.62. The van der Waals surface area contributed by atoms with Crippen molar-refractivity contribution in [1.82, 2.24) is 14.7 Å². The third-order valence-electron chi connectivity index (χ3n) is 5.52. The lowest BCUT2D eigenvalue weighted by molar-refractivity contribution is -0.133. The van der Waals surface area contributed by atoms with E-state index in [0.717, 1.165) is 4.90 Å². The van der Waals surface area contributed by atoms with Gasteiger partial charge in [0.1, 0.15) is 6.54 Å². The molecule has 9 heteroatoms. The lowest BCUT2D eigenvalue weighted by Crippen LogP contribution is -2.53. The van der Waals surface area contributed by atoms with Gasteiger partial charge in [0, 0.05) is 44.4 Å². The van der Waals surface area contributed by atoms with Crippen molar-refractivity contribution in [2.75, 3.05) is 38.0 Å². The minimum Gasteiger partial charge on any atom is -0.338 e. The number of imide groups is 1. The van der Waals surface area contributed by atoms with Gasteiger partial charge in [-0.25, -0.2) is 0 Å². The van der Waals surface area contributed by atoms with E-state index in [1.807, 2.05) is 0 Å². The summed E-state index contributed by atoms with van der Waals surface area (Å²) in [5, 5.41) is 2.65. The molecular weight excluding hydrogens is 412 g/mol. The van der Waals surface area contributed by atoms with Crippen molar-refractivity contribution in [2.24, 2.45) is 0 Å². The number of hydrogen-bond acceptors (Lipinski definition) is 5. The van der Waals surface area contributed by atoms with Crippen molar-refractivity contribution in [3.8, 4) is 0 Å². The van der Waals surface area contributed by atoms with Crippen LogP contribution in [-0.2, 0) is 9.59 Å². The van der Waals surface area contributed by atoms with E-state index in [0.29, 0.717) is 48.6 Å². The number of carbonyl (C=O) groups excluding carboxylic acids is 5. The molecule has 0 aromatic heterocycles. The van der Waals surface area contributed by atoms with Crippen molar-refractivity contribution < 1.29 is 24.0 Å². The van der Waals surface area contributed by atoms with Crippen LogP contribution >= 0.6 is 0 Å². The van der Waals surface area contributed by atoms with Gasteiger partial charge in [-0.3, -0.25) is 28.9 Å². The molecule has 0 saturated carbocycles. The second-order valence-corrected chi connectivity index (χ2v) is 7.68. The fourth-order valence-corrected chi connectivity index (χ4v) is 3.89. The van der Waals surface area contributed by atoms with Crippen LogP contribution in [0.25, 0.3) is 0 Å². The third kappa shape index (κ3) is 4.09. The van der Waals surface area contributed by atoms with Crippen LogP contribution < -0.4 is 5.32 Å². The lowest BCUT2D eigenvalue weighted by atomic mass is 10.1. The maximum Gasteiger partial charge on any atom is 0.262 e. The van der Waals surface area contributed by atoms with Crippen LogP contribution in [0.3, 0.4) is 0 Å². The number of anilines is 1. The molecule has 2 aliphatic rings. The zero-order chi connectivity index (χ0) is 22.8. The van der Waals surface area contributed by atoms with E-state index in [-0.39, 0.29) is 24.3 Å². The fraction of sp³-hybridized carbons (Fsp3) is 0.261. The Labute approximate surface area is 184 Å². The van der Waals surface area contributed by atoms with E-state index in [9.17, 15) is 24.0 Å². The first-order valence-corrected chi connectivity index (χ1v) is 10.2. The van der Waals surface area contributed by atoms with Gasteiger partial charge in [0.15, 0.2) is 0 Å². The summed E-state index contributed by atoms with van der Waals surface area (Å²) >= 11 is 0. The summed E-state index contributed by atoms with van der Waals surface area (Å²) in [5.41, 5.74) is 1.60. The number of benzene rings is 2. The predicted molar refractivity (Wildman–Crippen MR) is 115 cm³/mol. The molecule has 0 bridgehead atoms. The van der Waals surface area contributed by atoms with Gasteiger partial charge < -0.3 is 15.1 Å². The monoisotopic (exact) mass is 434 g/mol. The van der Waals surface area contributed by atoms with Gasteiger partial charge >= 0.3 is 0 Å². The summed E-state index contributed by atoms with van der Waals surface area (Å²) in [6.07, 6.45) is 0. The minimum absolute atomic E-state index is 0.190. The molecule has 1 N–H and O–H groups in total. The Morgan fingerprint density at radius 3 is 2.03 bits per heavy atom. The zero-order valence-corrected chi connectivity index (χ0v) is 17.5. The molecular formula is C23H22N4O5. The Morgan fingerprint density at radius 1 is 0.844 bits per heavy atom. The Kier molecular flexibility index (Phi) is 5.72. The number of carbonyl (C=O) groups is 5. The van der Waals surface area contributed by atoms with Crippen molar-refractivity contribution in [1.29, 1.82) is 0 Å². The summed E-state index contributed by atoms with van der Waals surface area (Å²) in [7, 11) is 0. The van der Waals surface area contributed by atoms with Crippen LogP contribution in [0.5, 0.6) is 0 Å². The number of nitrogens with zero attached hydrogens (tertiary/aromatic N) is 3. The highest BCUT2D eigenvalue weighted by Gasteiger charge is 2.37. The number of amides is 5. The fourth-order valence-electron chi connectivity index (χ4n) is 3.89. The molecule has 0 radical (unpaired) electrons. The molecule has 1 fully saturated rings. The first kappa shape index (κ1) is 21.2. The number of fused-ring (bicyclic) bond motifs is 1. The third-order valence-corrected chi connectivity index (χ3v) is 5.52. The van der Waals surface area contributed by atoms with E-state index in [4.69, 9.17) is 0 Å². The first-order chi connectivity index (χ1) is 15.3. The van der Waals surface area contributed by atoms with Gasteiger partial charge in [-0.1, -0.05) is 18.2 Å². The molecule has 4 rings (SSSR count). The van der Waals surface area contributed by atoms with E-state index >= 15 is 0 Å². The highest BCUT2D eigenvalue weighted by atomic mass is 16.2. The highest BCUT2D eigenvalue weighted by Crippen LogP contribution is 2.22. The molecule has 2 aromatic carbocycles. The Hall–Kier alpha value is -4.01. The van der Waals surface area contributed by atoms with Gasteiger partial charge in [-0.15, -0.1) is 0 Å². The van der Waals surface area contributed by atoms with E-state index in [1.165, 1.54) is 6.92 Å². The molecule has 2 aliphatic heterocycles. The average Bonchev–Trinajstić information content (AvgIpc) is 3.03. The predicted octanol–water partition coefficient (Wildman–Crippen LogP) is 1.23. The van der Waals surface area contributed by atoms with Crippen LogP contribution in [0, 0.1) is 0 Å². The quantitative estimate of drug-likeness (QED) is 0.729. The first-order valence-electron chi connectivity index (χ1n) is 10.2.